The second-order valence-electron chi connectivity index (χ2n) is 4.48. The third kappa shape index (κ3) is 6.57. The monoisotopic (exact) mass is 295 g/mol. The van der Waals surface area contributed by atoms with Crippen molar-refractivity contribution in [1.82, 2.24) is 10.3 Å². The van der Waals surface area contributed by atoms with Gasteiger partial charge >= 0.3 is 0 Å². The van der Waals surface area contributed by atoms with Crippen LogP contribution in [0, 0.1) is 0 Å². The molecule has 0 aliphatic heterocycles. The molecule has 6 nitrogen and oxygen atoms in total. The Morgan fingerprint density at radius 1 is 1.19 bits per heavy atom. The minimum Gasteiger partial charge on any atom is -0.492 e. The molecule has 6 heteroatoms. The SMILES string of the molecule is CCOCCN(CC)CCOc1ccc(C(=O)NN)cc1. The van der Waals surface area contributed by atoms with Crippen LogP contribution in [0.3, 0.4) is 0 Å². The van der Waals surface area contributed by atoms with E-state index in [1.807, 2.05) is 6.92 Å². The molecule has 0 fully saturated rings. The van der Waals surface area contributed by atoms with Gasteiger partial charge < -0.3 is 9.47 Å². The van der Waals surface area contributed by atoms with Crippen LogP contribution in [0.15, 0.2) is 24.3 Å². The molecule has 0 atom stereocenters. The van der Waals surface area contributed by atoms with Crippen molar-refractivity contribution in [3.63, 3.8) is 0 Å². The van der Waals surface area contributed by atoms with Gasteiger partial charge in [-0.05, 0) is 37.7 Å². The number of nitrogens with two attached hydrogens (primary N) is 1. The van der Waals surface area contributed by atoms with Crippen LogP contribution in [0.1, 0.15) is 24.2 Å². The first-order valence-corrected chi connectivity index (χ1v) is 7.25. The summed E-state index contributed by atoms with van der Waals surface area (Å²) in [5.74, 6) is 5.50. The lowest BCUT2D eigenvalue weighted by molar-refractivity contribution is 0.0953. The maximum Gasteiger partial charge on any atom is 0.265 e. The van der Waals surface area contributed by atoms with Gasteiger partial charge in [-0.25, -0.2) is 5.84 Å². The van der Waals surface area contributed by atoms with Crippen molar-refractivity contribution in [3.8, 4) is 5.75 Å². The quantitative estimate of drug-likeness (QED) is 0.292. The molecule has 1 aromatic rings. The topological polar surface area (TPSA) is 76.8 Å². The minimum atomic E-state index is -0.311. The molecule has 0 aliphatic rings. The Morgan fingerprint density at radius 3 is 2.43 bits per heavy atom. The largest absolute Gasteiger partial charge is 0.492 e. The molecule has 1 aromatic carbocycles. The van der Waals surface area contributed by atoms with Crippen molar-refractivity contribution in [2.24, 2.45) is 5.84 Å². The molecule has 0 radical (unpaired) electrons. The second kappa shape index (κ2) is 10.1. The number of nitrogens with zero attached hydrogens (tertiary/aromatic N) is 1. The molecule has 0 unspecified atom stereocenters. The molecule has 0 saturated heterocycles. The number of nitrogens with one attached hydrogen (secondary N) is 1. The van der Waals surface area contributed by atoms with Crippen LogP contribution < -0.4 is 16.0 Å². The van der Waals surface area contributed by atoms with Crippen molar-refractivity contribution in [2.45, 2.75) is 13.8 Å². The highest BCUT2D eigenvalue weighted by molar-refractivity contribution is 5.93. The number of ether oxygens (including phenoxy) is 2. The van der Waals surface area contributed by atoms with Gasteiger partial charge in [0.2, 0.25) is 0 Å². The maximum atomic E-state index is 11.3. The van der Waals surface area contributed by atoms with Gasteiger partial charge in [-0.3, -0.25) is 15.1 Å². The first kappa shape index (κ1) is 17.4. The Balaban J connectivity index is 2.32. The van der Waals surface area contributed by atoms with E-state index in [-0.39, 0.29) is 5.91 Å². The molecular formula is C15H25N3O3. The number of hydrogen-bond donors (Lipinski definition) is 2. The molecule has 118 valence electrons. The molecule has 0 aromatic heterocycles. The fourth-order valence-electron chi connectivity index (χ4n) is 1.84. The zero-order valence-electron chi connectivity index (χ0n) is 12.8. The van der Waals surface area contributed by atoms with Crippen LogP contribution in [0.2, 0.25) is 0 Å². The van der Waals surface area contributed by atoms with Gasteiger partial charge in [0.05, 0.1) is 6.61 Å². The summed E-state index contributed by atoms with van der Waals surface area (Å²) < 4.78 is 11.0. The fourth-order valence-corrected chi connectivity index (χ4v) is 1.84. The minimum absolute atomic E-state index is 0.311. The molecule has 21 heavy (non-hydrogen) atoms. The molecule has 0 heterocycles. The Morgan fingerprint density at radius 2 is 1.86 bits per heavy atom. The van der Waals surface area contributed by atoms with Gasteiger partial charge in [-0.2, -0.15) is 0 Å². The predicted molar refractivity (Wildman–Crippen MR) is 82.2 cm³/mol. The number of amides is 1. The predicted octanol–water partition coefficient (Wildman–Crippen LogP) is 1.03. The number of benzene rings is 1. The second-order valence-corrected chi connectivity index (χ2v) is 4.48. The Hall–Kier alpha value is -1.63. The van der Waals surface area contributed by atoms with Crippen molar-refractivity contribution < 1.29 is 14.3 Å². The van der Waals surface area contributed by atoms with E-state index in [1.54, 1.807) is 24.3 Å². The molecule has 1 amide bonds. The van der Waals surface area contributed by atoms with Crippen molar-refractivity contribution in [3.05, 3.63) is 29.8 Å². The first-order valence-electron chi connectivity index (χ1n) is 7.25. The number of rotatable bonds is 10. The lowest BCUT2D eigenvalue weighted by Gasteiger charge is -2.20. The van der Waals surface area contributed by atoms with Crippen LogP contribution >= 0.6 is 0 Å². The molecule has 0 aliphatic carbocycles. The summed E-state index contributed by atoms with van der Waals surface area (Å²) in [7, 11) is 0. The van der Waals surface area contributed by atoms with E-state index in [0.29, 0.717) is 12.2 Å². The average molecular weight is 295 g/mol. The third-order valence-electron chi connectivity index (χ3n) is 3.13. The van der Waals surface area contributed by atoms with E-state index < -0.39 is 0 Å². The molecular weight excluding hydrogens is 270 g/mol. The molecule has 1 rings (SSSR count). The third-order valence-corrected chi connectivity index (χ3v) is 3.13. The van der Waals surface area contributed by atoms with E-state index >= 15 is 0 Å². The number of carbonyl (C=O) groups is 1. The van der Waals surface area contributed by atoms with Crippen LogP contribution in [0.4, 0.5) is 0 Å². The summed E-state index contributed by atoms with van der Waals surface area (Å²) in [6, 6.07) is 6.90. The summed E-state index contributed by atoms with van der Waals surface area (Å²) in [6.45, 7) is 8.91. The van der Waals surface area contributed by atoms with Crippen molar-refractivity contribution in [1.29, 1.82) is 0 Å². The van der Waals surface area contributed by atoms with Gasteiger partial charge in [-0.1, -0.05) is 6.92 Å². The van der Waals surface area contributed by atoms with Gasteiger partial charge in [0.15, 0.2) is 0 Å². The maximum absolute atomic E-state index is 11.3. The van der Waals surface area contributed by atoms with E-state index in [0.717, 1.165) is 38.6 Å². The average Bonchev–Trinajstić information content (AvgIpc) is 2.53. The Bertz CT molecular complexity index is 409. The van der Waals surface area contributed by atoms with Crippen molar-refractivity contribution >= 4 is 5.91 Å². The van der Waals surface area contributed by atoms with Crippen LogP contribution in [0.5, 0.6) is 5.75 Å². The summed E-state index contributed by atoms with van der Waals surface area (Å²) in [5.41, 5.74) is 2.60. The number of hydrazine groups is 1. The highest BCUT2D eigenvalue weighted by Crippen LogP contribution is 2.12. The smallest absolute Gasteiger partial charge is 0.265 e. The number of nitrogen functional groups attached to an aromatic ring is 1. The van der Waals surface area contributed by atoms with E-state index in [1.165, 1.54) is 0 Å². The summed E-state index contributed by atoms with van der Waals surface area (Å²) in [5, 5.41) is 0. The zero-order chi connectivity index (χ0) is 15.5. The Kier molecular flexibility index (Phi) is 8.42. The van der Waals surface area contributed by atoms with E-state index in [4.69, 9.17) is 15.3 Å². The normalized spacial score (nSPS) is 10.7. The van der Waals surface area contributed by atoms with E-state index in [9.17, 15) is 4.79 Å². The first-order chi connectivity index (χ1) is 10.2. The molecule has 3 N–H and O–H groups in total. The van der Waals surface area contributed by atoms with Gasteiger partial charge in [0.1, 0.15) is 12.4 Å². The van der Waals surface area contributed by atoms with Crippen LogP contribution in [-0.2, 0) is 4.74 Å². The van der Waals surface area contributed by atoms with E-state index in [2.05, 4.69) is 17.2 Å². The van der Waals surface area contributed by atoms with Gasteiger partial charge in [0, 0.05) is 25.3 Å². The summed E-state index contributed by atoms with van der Waals surface area (Å²) in [4.78, 5) is 13.6. The van der Waals surface area contributed by atoms with Crippen LogP contribution in [0.25, 0.3) is 0 Å². The zero-order valence-corrected chi connectivity index (χ0v) is 12.8. The standard InChI is InChI=1S/C15H25N3O3/c1-3-18(9-11-20-4-2)10-12-21-14-7-5-13(6-8-14)15(19)17-16/h5-8H,3-4,9-12,16H2,1-2H3,(H,17,19). The Labute approximate surface area is 126 Å². The fraction of sp³-hybridized carbons (Fsp3) is 0.533. The molecule has 0 bridgehead atoms. The van der Waals surface area contributed by atoms with Crippen molar-refractivity contribution in [2.75, 3.05) is 39.5 Å². The van der Waals surface area contributed by atoms with Gasteiger partial charge in [-0.15, -0.1) is 0 Å². The number of hydrogen-bond acceptors (Lipinski definition) is 5. The van der Waals surface area contributed by atoms with Crippen LogP contribution in [-0.4, -0.2) is 50.3 Å². The number of likely N-dealkylation sites (N-methyl/N-ethyl adjacent to an activating group) is 1. The number of carbonyl (C=O) groups excluding carboxylic acids is 1. The summed E-state index contributed by atoms with van der Waals surface area (Å²) >= 11 is 0. The highest BCUT2D eigenvalue weighted by Gasteiger charge is 2.05. The highest BCUT2D eigenvalue weighted by atomic mass is 16.5. The summed E-state index contributed by atoms with van der Waals surface area (Å²) in [6.07, 6.45) is 0. The lowest BCUT2D eigenvalue weighted by atomic mass is 10.2. The van der Waals surface area contributed by atoms with Gasteiger partial charge in [0.25, 0.3) is 5.91 Å². The lowest BCUT2D eigenvalue weighted by Crippen LogP contribution is -2.31. The molecule has 0 saturated carbocycles. The molecule has 0 spiro atoms.